The van der Waals surface area contributed by atoms with Crippen molar-refractivity contribution in [2.24, 2.45) is 10.3 Å². The topological polar surface area (TPSA) is 67.1 Å². The molecule has 5 heteroatoms. The summed E-state index contributed by atoms with van der Waals surface area (Å²) in [6.07, 6.45) is 1.23. The Morgan fingerprint density at radius 1 is 1.38 bits per heavy atom. The van der Waals surface area contributed by atoms with Gasteiger partial charge >= 0.3 is 0 Å². The molecule has 0 aliphatic carbocycles. The minimum absolute atomic E-state index is 0.444. The predicted octanol–water partition coefficient (Wildman–Crippen LogP) is 2.16. The van der Waals surface area contributed by atoms with E-state index in [0.717, 1.165) is 0 Å². The molecule has 0 spiro atoms. The standard InChI is InChI=1S/C11H13N3O2/c1-4-16-14-9(3)11-7-5-6-10(12-11)8(2)13-15/h4-7,15H,1H2,2-3H3/b13-8+,14-9+. The van der Waals surface area contributed by atoms with E-state index in [-0.39, 0.29) is 0 Å². The van der Waals surface area contributed by atoms with Crippen molar-refractivity contribution in [3.63, 3.8) is 0 Å². The highest BCUT2D eigenvalue weighted by Gasteiger charge is 2.04. The van der Waals surface area contributed by atoms with Crippen molar-refractivity contribution in [2.75, 3.05) is 0 Å². The summed E-state index contributed by atoms with van der Waals surface area (Å²) in [7, 11) is 0. The van der Waals surface area contributed by atoms with Crippen LogP contribution in [0.4, 0.5) is 0 Å². The summed E-state index contributed by atoms with van der Waals surface area (Å²) in [5.41, 5.74) is 2.31. The van der Waals surface area contributed by atoms with Crippen molar-refractivity contribution in [3.8, 4) is 0 Å². The molecule has 1 aromatic rings. The molecule has 0 aliphatic heterocycles. The lowest BCUT2D eigenvalue weighted by Crippen LogP contribution is -2.05. The Morgan fingerprint density at radius 2 is 2.00 bits per heavy atom. The van der Waals surface area contributed by atoms with Crippen molar-refractivity contribution >= 4 is 11.4 Å². The summed E-state index contributed by atoms with van der Waals surface area (Å²) < 4.78 is 0. The first-order valence-corrected chi connectivity index (χ1v) is 4.66. The van der Waals surface area contributed by atoms with E-state index in [0.29, 0.717) is 22.8 Å². The summed E-state index contributed by atoms with van der Waals surface area (Å²) in [4.78, 5) is 8.97. The highest BCUT2D eigenvalue weighted by Crippen LogP contribution is 2.03. The van der Waals surface area contributed by atoms with Crippen LogP contribution in [0.5, 0.6) is 0 Å². The fourth-order valence-electron chi connectivity index (χ4n) is 1.05. The van der Waals surface area contributed by atoms with Crippen molar-refractivity contribution in [1.82, 2.24) is 4.98 Å². The summed E-state index contributed by atoms with van der Waals surface area (Å²) >= 11 is 0. The first-order chi connectivity index (χ1) is 7.69. The van der Waals surface area contributed by atoms with Crippen LogP contribution in [0.1, 0.15) is 25.2 Å². The van der Waals surface area contributed by atoms with Crippen LogP contribution in [0.2, 0.25) is 0 Å². The lowest BCUT2D eigenvalue weighted by molar-refractivity contribution is 0.269. The first-order valence-electron chi connectivity index (χ1n) is 4.66. The Balaban J connectivity index is 3.03. The smallest absolute Gasteiger partial charge is 0.114 e. The molecule has 0 radical (unpaired) electrons. The molecule has 1 rings (SSSR count). The molecule has 0 unspecified atom stereocenters. The molecule has 0 saturated heterocycles. The average molecular weight is 219 g/mol. The quantitative estimate of drug-likeness (QED) is 0.365. The number of rotatable bonds is 4. The summed E-state index contributed by atoms with van der Waals surface area (Å²) in [5.74, 6) is 0. The van der Waals surface area contributed by atoms with Gasteiger partial charge in [0.2, 0.25) is 0 Å². The van der Waals surface area contributed by atoms with Gasteiger partial charge < -0.3 is 10.0 Å². The molecular weight excluding hydrogens is 206 g/mol. The van der Waals surface area contributed by atoms with E-state index in [1.165, 1.54) is 6.26 Å². The third-order valence-corrected chi connectivity index (χ3v) is 1.90. The normalized spacial score (nSPS) is 12.4. The average Bonchev–Trinajstić information content (AvgIpc) is 2.35. The molecule has 1 heterocycles. The van der Waals surface area contributed by atoms with E-state index in [4.69, 9.17) is 10.0 Å². The molecule has 1 aromatic heterocycles. The van der Waals surface area contributed by atoms with Crippen molar-refractivity contribution in [2.45, 2.75) is 13.8 Å². The second-order valence-corrected chi connectivity index (χ2v) is 3.04. The van der Waals surface area contributed by atoms with E-state index in [9.17, 15) is 0 Å². The highest BCUT2D eigenvalue weighted by molar-refractivity contribution is 6.00. The molecule has 5 nitrogen and oxygen atoms in total. The SMILES string of the molecule is C=CO/N=C(\C)c1cccc(/C(C)=N/O)n1. The van der Waals surface area contributed by atoms with Crippen LogP contribution >= 0.6 is 0 Å². The maximum absolute atomic E-state index is 8.64. The van der Waals surface area contributed by atoms with Gasteiger partial charge in [0, 0.05) is 0 Å². The van der Waals surface area contributed by atoms with E-state index >= 15 is 0 Å². The zero-order chi connectivity index (χ0) is 12.0. The minimum atomic E-state index is 0.444. The second-order valence-electron chi connectivity index (χ2n) is 3.04. The number of hydrogen-bond acceptors (Lipinski definition) is 5. The van der Waals surface area contributed by atoms with Gasteiger partial charge in [-0.05, 0) is 26.0 Å². The zero-order valence-corrected chi connectivity index (χ0v) is 9.21. The first kappa shape index (κ1) is 11.9. The van der Waals surface area contributed by atoms with Crippen molar-refractivity contribution in [1.29, 1.82) is 0 Å². The Hall–Kier alpha value is -2.17. The zero-order valence-electron chi connectivity index (χ0n) is 9.21. The highest BCUT2D eigenvalue weighted by atomic mass is 16.6. The molecular formula is C11H13N3O2. The molecule has 0 bridgehead atoms. The molecule has 0 fully saturated rings. The molecule has 0 saturated carbocycles. The van der Waals surface area contributed by atoms with Crippen LogP contribution in [-0.4, -0.2) is 21.6 Å². The summed E-state index contributed by atoms with van der Waals surface area (Å²) in [6, 6.07) is 5.35. The fourth-order valence-corrected chi connectivity index (χ4v) is 1.05. The van der Waals surface area contributed by atoms with E-state index in [1.807, 2.05) is 0 Å². The Morgan fingerprint density at radius 3 is 2.56 bits per heavy atom. The number of pyridine rings is 1. The minimum Gasteiger partial charge on any atom is -0.411 e. The van der Waals surface area contributed by atoms with Gasteiger partial charge in [-0.25, -0.2) is 4.98 Å². The predicted molar refractivity (Wildman–Crippen MR) is 61.7 cm³/mol. The van der Waals surface area contributed by atoms with Crippen molar-refractivity contribution in [3.05, 3.63) is 42.4 Å². The molecule has 0 atom stereocenters. The maximum atomic E-state index is 8.64. The van der Waals surface area contributed by atoms with Crippen LogP contribution < -0.4 is 0 Å². The molecule has 16 heavy (non-hydrogen) atoms. The largest absolute Gasteiger partial charge is 0.411 e. The van der Waals surface area contributed by atoms with Crippen LogP contribution in [0.3, 0.4) is 0 Å². The molecule has 1 N–H and O–H groups in total. The van der Waals surface area contributed by atoms with Gasteiger partial charge in [-0.3, -0.25) is 0 Å². The molecule has 0 amide bonds. The summed E-state index contributed by atoms with van der Waals surface area (Å²) in [5, 5.41) is 15.5. The van der Waals surface area contributed by atoms with Gasteiger partial charge in [-0.15, -0.1) is 0 Å². The molecule has 84 valence electrons. The maximum Gasteiger partial charge on any atom is 0.114 e. The monoisotopic (exact) mass is 219 g/mol. The lowest BCUT2D eigenvalue weighted by Gasteiger charge is -2.02. The fraction of sp³-hybridized carbons (Fsp3) is 0.182. The lowest BCUT2D eigenvalue weighted by atomic mass is 10.2. The Kier molecular flexibility index (Phi) is 4.20. The van der Waals surface area contributed by atoms with Crippen molar-refractivity contribution < 1.29 is 10.0 Å². The third kappa shape index (κ3) is 2.91. The van der Waals surface area contributed by atoms with Gasteiger partial charge in [0.25, 0.3) is 0 Å². The third-order valence-electron chi connectivity index (χ3n) is 1.90. The number of hydrogen-bond donors (Lipinski definition) is 1. The Labute approximate surface area is 93.8 Å². The number of nitrogens with zero attached hydrogens (tertiary/aromatic N) is 3. The van der Waals surface area contributed by atoms with Gasteiger partial charge in [-0.1, -0.05) is 23.0 Å². The van der Waals surface area contributed by atoms with Gasteiger partial charge in [0.15, 0.2) is 0 Å². The number of aromatic nitrogens is 1. The number of oxime groups is 2. The van der Waals surface area contributed by atoms with Gasteiger partial charge in [0.05, 0.1) is 11.4 Å². The van der Waals surface area contributed by atoms with E-state index < -0.39 is 0 Å². The van der Waals surface area contributed by atoms with Crippen LogP contribution in [-0.2, 0) is 4.84 Å². The second kappa shape index (κ2) is 5.65. The Bertz CT molecular complexity index is 439. The van der Waals surface area contributed by atoms with Crippen LogP contribution in [0, 0.1) is 0 Å². The van der Waals surface area contributed by atoms with Gasteiger partial charge in [0.1, 0.15) is 17.7 Å². The van der Waals surface area contributed by atoms with E-state index in [1.54, 1.807) is 32.0 Å². The molecule has 0 aliphatic rings. The van der Waals surface area contributed by atoms with Crippen LogP contribution in [0.15, 0.2) is 41.4 Å². The van der Waals surface area contributed by atoms with E-state index in [2.05, 4.69) is 21.9 Å². The van der Waals surface area contributed by atoms with Gasteiger partial charge in [-0.2, -0.15) is 0 Å². The summed E-state index contributed by atoms with van der Waals surface area (Å²) in [6.45, 7) is 6.81. The van der Waals surface area contributed by atoms with Crippen LogP contribution in [0.25, 0.3) is 0 Å². The molecule has 0 aromatic carbocycles.